The molecular formula is C21H25FN4O2S. The van der Waals surface area contributed by atoms with Gasteiger partial charge in [0.2, 0.25) is 0 Å². The summed E-state index contributed by atoms with van der Waals surface area (Å²) in [5.74, 6) is -1.09. The lowest BCUT2D eigenvalue weighted by Crippen LogP contribution is -2.46. The lowest BCUT2D eigenvalue weighted by Gasteiger charge is -2.34. The first-order valence-electron chi connectivity index (χ1n) is 9.95. The van der Waals surface area contributed by atoms with E-state index in [4.69, 9.17) is 0 Å². The van der Waals surface area contributed by atoms with Crippen molar-refractivity contribution in [2.75, 3.05) is 37.6 Å². The van der Waals surface area contributed by atoms with Crippen LogP contribution in [0.25, 0.3) is 10.9 Å². The van der Waals surface area contributed by atoms with Crippen LogP contribution < -0.4 is 4.90 Å². The largest absolute Gasteiger partial charge is 0.477 e. The highest BCUT2D eigenvalue weighted by Crippen LogP contribution is 2.27. The number of aromatic carboxylic acids is 1. The third kappa shape index (κ3) is 4.43. The number of unbranched alkanes of at least 4 members (excludes halogenated alkanes) is 1. The van der Waals surface area contributed by atoms with E-state index < -0.39 is 5.97 Å². The number of carbonyl (C=O) groups is 1. The summed E-state index contributed by atoms with van der Waals surface area (Å²) in [6.45, 7) is 6.45. The van der Waals surface area contributed by atoms with Crippen LogP contribution in [0.4, 0.5) is 9.52 Å². The van der Waals surface area contributed by atoms with Crippen molar-refractivity contribution in [2.45, 2.75) is 26.2 Å². The van der Waals surface area contributed by atoms with Crippen molar-refractivity contribution < 1.29 is 14.3 Å². The molecule has 0 unspecified atom stereocenters. The van der Waals surface area contributed by atoms with Gasteiger partial charge in [-0.2, -0.15) is 0 Å². The van der Waals surface area contributed by atoms with Gasteiger partial charge in [0.1, 0.15) is 10.7 Å². The monoisotopic (exact) mass is 416 g/mol. The number of hydrogen-bond donors (Lipinski definition) is 2. The molecule has 0 spiro atoms. The minimum Gasteiger partial charge on any atom is -0.477 e. The smallest absolute Gasteiger partial charge is 0.347 e. The first-order valence-corrected chi connectivity index (χ1v) is 10.8. The van der Waals surface area contributed by atoms with E-state index in [-0.39, 0.29) is 5.82 Å². The second-order valence-corrected chi connectivity index (χ2v) is 8.48. The number of halogens is 1. The molecule has 1 aliphatic heterocycles. The van der Waals surface area contributed by atoms with Crippen molar-refractivity contribution in [3.8, 4) is 0 Å². The third-order valence-electron chi connectivity index (χ3n) is 5.52. The molecule has 4 rings (SSSR count). The fourth-order valence-electron chi connectivity index (χ4n) is 3.89. The Bertz CT molecular complexity index is 1010. The highest BCUT2D eigenvalue weighted by molar-refractivity contribution is 7.17. The minimum atomic E-state index is -0.900. The SMILES string of the molecule is Cc1nc(N2CCN(CCCCc3c[nH]c4ccc(F)cc34)CC2)sc1C(=O)O. The zero-order valence-electron chi connectivity index (χ0n) is 16.4. The number of hydrogen-bond acceptors (Lipinski definition) is 5. The normalized spacial score (nSPS) is 15.3. The van der Waals surface area contributed by atoms with Gasteiger partial charge < -0.3 is 15.0 Å². The van der Waals surface area contributed by atoms with E-state index >= 15 is 0 Å². The Morgan fingerprint density at radius 2 is 2.07 bits per heavy atom. The Morgan fingerprint density at radius 1 is 1.28 bits per heavy atom. The molecule has 1 aromatic carbocycles. The third-order valence-corrected chi connectivity index (χ3v) is 6.73. The van der Waals surface area contributed by atoms with Crippen molar-refractivity contribution in [2.24, 2.45) is 0 Å². The summed E-state index contributed by atoms with van der Waals surface area (Å²) in [5, 5.41) is 11.0. The van der Waals surface area contributed by atoms with E-state index in [1.165, 1.54) is 23.0 Å². The number of piperazine rings is 1. The van der Waals surface area contributed by atoms with Gasteiger partial charge >= 0.3 is 5.97 Å². The van der Waals surface area contributed by atoms with Gasteiger partial charge in [-0.15, -0.1) is 0 Å². The molecule has 0 radical (unpaired) electrons. The fourth-order valence-corrected chi connectivity index (χ4v) is 4.84. The Labute approximate surface area is 173 Å². The molecule has 6 nitrogen and oxygen atoms in total. The number of rotatable bonds is 7. The maximum atomic E-state index is 13.5. The molecule has 2 N–H and O–H groups in total. The number of nitrogens with one attached hydrogen (secondary N) is 1. The van der Waals surface area contributed by atoms with E-state index in [1.807, 2.05) is 6.20 Å². The maximum Gasteiger partial charge on any atom is 0.347 e. The first-order chi connectivity index (χ1) is 14.0. The van der Waals surface area contributed by atoms with Crippen LogP contribution in [0.5, 0.6) is 0 Å². The van der Waals surface area contributed by atoms with E-state index in [0.29, 0.717) is 10.6 Å². The number of thiazole rings is 1. The molecule has 0 bridgehead atoms. The molecule has 2 aromatic heterocycles. The van der Waals surface area contributed by atoms with Gasteiger partial charge in [0.05, 0.1) is 5.69 Å². The molecule has 0 saturated carbocycles. The number of anilines is 1. The van der Waals surface area contributed by atoms with Crippen LogP contribution >= 0.6 is 11.3 Å². The van der Waals surface area contributed by atoms with Crippen LogP contribution in [0.3, 0.4) is 0 Å². The molecule has 8 heteroatoms. The number of aromatic nitrogens is 2. The van der Waals surface area contributed by atoms with E-state index in [9.17, 15) is 14.3 Å². The highest BCUT2D eigenvalue weighted by Gasteiger charge is 2.22. The number of carboxylic acids is 1. The fraction of sp³-hybridized carbons (Fsp3) is 0.429. The predicted octanol–water partition coefficient (Wildman–Crippen LogP) is 3.92. The van der Waals surface area contributed by atoms with Gasteiger partial charge in [-0.25, -0.2) is 14.2 Å². The summed E-state index contributed by atoms with van der Waals surface area (Å²) < 4.78 is 13.5. The summed E-state index contributed by atoms with van der Waals surface area (Å²) in [6.07, 6.45) is 5.10. The van der Waals surface area contributed by atoms with Crippen molar-refractivity contribution in [1.82, 2.24) is 14.9 Å². The average Bonchev–Trinajstić information content (AvgIpc) is 3.29. The van der Waals surface area contributed by atoms with Crippen LogP contribution in [0, 0.1) is 12.7 Å². The zero-order chi connectivity index (χ0) is 20.4. The van der Waals surface area contributed by atoms with E-state index in [2.05, 4.69) is 19.8 Å². The topological polar surface area (TPSA) is 72.5 Å². The van der Waals surface area contributed by atoms with Crippen molar-refractivity contribution in [3.63, 3.8) is 0 Å². The minimum absolute atomic E-state index is 0.192. The summed E-state index contributed by atoms with van der Waals surface area (Å²) >= 11 is 1.26. The molecule has 0 amide bonds. The van der Waals surface area contributed by atoms with Crippen molar-refractivity contribution >= 4 is 33.3 Å². The molecule has 1 aliphatic rings. The molecular weight excluding hydrogens is 391 g/mol. The Balaban J connectivity index is 1.22. The first kappa shape index (κ1) is 19.8. The van der Waals surface area contributed by atoms with Crippen LogP contribution in [-0.2, 0) is 6.42 Å². The van der Waals surface area contributed by atoms with Crippen molar-refractivity contribution in [1.29, 1.82) is 0 Å². The van der Waals surface area contributed by atoms with Crippen LogP contribution in [0.2, 0.25) is 0 Å². The number of aromatic amines is 1. The quantitative estimate of drug-likeness (QED) is 0.571. The van der Waals surface area contributed by atoms with Gasteiger partial charge in [0.25, 0.3) is 0 Å². The lowest BCUT2D eigenvalue weighted by atomic mass is 10.1. The molecule has 1 fully saturated rings. The summed E-state index contributed by atoms with van der Waals surface area (Å²) in [7, 11) is 0. The predicted molar refractivity (Wildman–Crippen MR) is 114 cm³/mol. The van der Waals surface area contributed by atoms with Crippen molar-refractivity contribution in [3.05, 3.63) is 46.3 Å². The van der Waals surface area contributed by atoms with Gasteiger partial charge in [0, 0.05) is 43.3 Å². The Morgan fingerprint density at radius 3 is 2.79 bits per heavy atom. The summed E-state index contributed by atoms with van der Waals surface area (Å²) in [6, 6.07) is 4.88. The van der Waals surface area contributed by atoms with Gasteiger partial charge in [0.15, 0.2) is 5.13 Å². The van der Waals surface area contributed by atoms with Crippen LogP contribution in [-0.4, -0.2) is 58.7 Å². The molecule has 0 aliphatic carbocycles. The summed E-state index contributed by atoms with van der Waals surface area (Å²) in [5.41, 5.74) is 2.76. The van der Waals surface area contributed by atoms with Crippen LogP contribution in [0.1, 0.15) is 33.8 Å². The maximum absolute atomic E-state index is 13.5. The lowest BCUT2D eigenvalue weighted by molar-refractivity contribution is 0.0701. The van der Waals surface area contributed by atoms with Crippen LogP contribution in [0.15, 0.2) is 24.4 Å². The Kier molecular flexibility index (Phi) is 5.82. The zero-order valence-corrected chi connectivity index (χ0v) is 17.3. The van der Waals surface area contributed by atoms with E-state index in [1.54, 1.807) is 19.1 Å². The molecule has 154 valence electrons. The van der Waals surface area contributed by atoms with Gasteiger partial charge in [-0.1, -0.05) is 11.3 Å². The second-order valence-electron chi connectivity index (χ2n) is 7.51. The number of H-pyrrole nitrogens is 1. The van der Waals surface area contributed by atoms with Gasteiger partial charge in [-0.3, -0.25) is 4.90 Å². The molecule has 3 aromatic rings. The highest BCUT2D eigenvalue weighted by atomic mass is 32.1. The molecule has 1 saturated heterocycles. The number of aryl methyl sites for hydroxylation is 2. The second kappa shape index (κ2) is 8.51. The number of benzene rings is 1. The Hall–Kier alpha value is -2.45. The summed E-state index contributed by atoms with van der Waals surface area (Å²) in [4.78, 5) is 23.8. The molecule has 29 heavy (non-hydrogen) atoms. The number of nitrogens with zero attached hydrogens (tertiary/aromatic N) is 3. The molecule has 0 atom stereocenters. The van der Waals surface area contributed by atoms with E-state index in [0.717, 1.165) is 68.0 Å². The standard InChI is InChI=1S/C21H25FN4O2S/c1-14-19(20(27)28)29-21(24-14)26-10-8-25(9-11-26)7-3-2-4-15-13-23-18-6-5-16(22)12-17(15)18/h5-6,12-13,23H,2-4,7-11H2,1H3,(H,27,28). The number of fused-ring (bicyclic) bond motifs is 1. The van der Waals surface area contributed by atoms with Gasteiger partial charge in [-0.05, 0) is 56.5 Å². The number of carboxylic acid groups (broad SMARTS) is 1. The average molecular weight is 417 g/mol. The molecule has 3 heterocycles.